The highest BCUT2D eigenvalue weighted by atomic mass is 35.5. The van der Waals surface area contributed by atoms with Crippen LogP contribution >= 0.6 is 12.4 Å². The molecule has 4 aromatic carbocycles. The molecule has 4 aromatic rings. The molecule has 0 heterocycles. The van der Waals surface area contributed by atoms with E-state index in [4.69, 9.17) is 0 Å². The summed E-state index contributed by atoms with van der Waals surface area (Å²) >= 11 is 0. The third kappa shape index (κ3) is 7.11. The highest BCUT2D eigenvalue weighted by molar-refractivity contribution is 5.88. The van der Waals surface area contributed by atoms with E-state index in [0.29, 0.717) is 35.3 Å². The van der Waals surface area contributed by atoms with E-state index in [0.717, 1.165) is 45.1 Å². The van der Waals surface area contributed by atoms with Gasteiger partial charge in [-0.2, -0.15) is 0 Å². The van der Waals surface area contributed by atoms with Crippen LogP contribution in [0, 0.1) is 11.3 Å². The third-order valence-electron chi connectivity index (χ3n) is 10.5. The lowest BCUT2D eigenvalue weighted by molar-refractivity contribution is -0.126. The number of halogens is 1. The zero-order valence-corrected chi connectivity index (χ0v) is 27.3. The molecule has 4 atom stereocenters. The molecular weight excluding hydrogens is 574 g/mol. The Morgan fingerprint density at radius 2 is 1.44 bits per heavy atom. The van der Waals surface area contributed by atoms with E-state index in [1.165, 1.54) is 33.4 Å². The maximum Gasteiger partial charge on any atom is 0.139 e. The van der Waals surface area contributed by atoms with Crippen molar-refractivity contribution >= 4 is 18.2 Å². The van der Waals surface area contributed by atoms with Crippen LogP contribution in [0.5, 0.6) is 5.75 Å². The number of carbonyl (C=O) groups is 1. The summed E-state index contributed by atoms with van der Waals surface area (Å²) in [7, 11) is 0. The lowest BCUT2D eigenvalue weighted by Crippen LogP contribution is -2.37. The summed E-state index contributed by atoms with van der Waals surface area (Å²) in [6, 6.07) is 38.4. The van der Waals surface area contributed by atoms with E-state index in [1.54, 1.807) is 6.07 Å². The first-order valence-corrected chi connectivity index (χ1v) is 16.4. The van der Waals surface area contributed by atoms with Gasteiger partial charge < -0.3 is 10.4 Å². The number of Topliss-reactive ketones (excluding diaryl/α,β-unsaturated/α-hetero) is 1. The van der Waals surface area contributed by atoms with E-state index in [-0.39, 0.29) is 17.8 Å². The summed E-state index contributed by atoms with van der Waals surface area (Å²) in [6.07, 6.45) is 8.20. The second-order valence-electron chi connectivity index (χ2n) is 13.1. The standard InChI is InChI=1S/C23H25N.C18H20O2.ClH/c1-19(20-11-5-2-6-12-20)24-18-17-23(21-13-7-3-8-14-21)22-15-9-4-10-16-22;1-18-9-8-14-13-5-3-12(19)10-11(13)2-4-15(14)16(18)6-7-17(18)20;/h2-16,19,23-24H,17-18H2,1H3;3-5,10,14,16,19H,2,6-9H2,1H3;1H. The predicted molar refractivity (Wildman–Crippen MR) is 187 cm³/mol. The Morgan fingerprint density at radius 1 is 0.844 bits per heavy atom. The van der Waals surface area contributed by atoms with E-state index in [2.05, 4.69) is 122 Å². The van der Waals surface area contributed by atoms with Crippen molar-refractivity contribution in [2.24, 2.45) is 11.3 Å². The number of aromatic hydroxyl groups is 1. The maximum absolute atomic E-state index is 12.2. The van der Waals surface area contributed by atoms with Crippen LogP contribution < -0.4 is 5.32 Å². The minimum absolute atomic E-state index is 0. The number of hydrogen-bond donors (Lipinski definition) is 2. The van der Waals surface area contributed by atoms with Gasteiger partial charge in [-0.05, 0) is 91.4 Å². The molecule has 2 saturated carbocycles. The number of nitrogens with one attached hydrogen (secondary N) is 1. The smallest absolute Gasteiger partial charge is 0.139 e. The van der Waals surface area contributed by atoms with Crippen LogP contribution in [0.2, 0.25) is 0 Å². The second-order valence-corrected chi connectivity index (χ2v) is 13.1. The molecule has 3 nitrogen and oxygen atoms in total. The van der Waals surface area contributed by atoms with E-state index >= 15 is 0 Å². The van der Waals surface area contributed by atoms with Gasteiger partial charge in [0.25, 0.3) is 0 Å². The van der Waals surface area contributed by atoms with Gasteiger partial charge in [-0.3, -0.25) is 4.79 Å². The molecule has 7 rings (SSSR count). The van der Waals surface area contributed by atoms with Crippen molar-refractivity contribution < 1.29 is 9.90 Å². The molecule has 2 fully saturated rings. The molecule has 4 heteroatoms. The Labute approximate surface area is 275 Å². The molecule has 4 unspecified atom stereocenters. The molecule has 0 aliphatic heterocycles. The summed E-state index contributed by atoms with van der Waals surface area (Å²) in [5.74, 6) is 2.19. The van der Waals surface area contributed by atoms with Crippen molar-refractivity contribution in [3.8, 4) is 5.75 Å². The van der Waals surface area contributed by atoms with Gasteiger partial charge in [-0.15, -0.1) is 12.4 Å². The van der Waals surface area contributed by atoms with Gasteiger partial charge in [0.1, 0.15) is 11.5 Å². The van der Waals surface area contributed by atoms with Crippen molar-refractivity contribution in [1.29, 1.82) is 0 Å². The minimum atomic E-state index is -0.100. The molecule has 234 valence electrons. The Balaban J connectivity index is 0.000000176. The summed E-state index contributed by atoms with van der Waals surface area (Å²) in [6.45, 7) is 5.40. The van der Waals surface area contributed by atoms with Crippen LogP contribution in [0.25, 0.3) is 0 Å². The van der Waals surface area contributed by atoms with Crippen LogP contribution in [0.15, 0.2) is 121 Å². The van der Waals surface area contributed by atoms with Crippen molar-refractivity contribution in [2.75, 3.05) is 6.54 Å². The average molecular weight is 620 g/mol. The van der Waals surface area contributed by atoms with E-state index in [1.807, 2.05) is 6.07 Å². The summed E-state index contributed by atoms with van der Waals surface area (Å²) < 4.78 is 0. The predicted octanol–water partition coefficient (Wildman–Crippen LogP) is 9.72. The number of phenolic OH excluding ortho intramolecular Hbond substituents is 1. The highest BCUT2D eigenvalue weighted by Crippen LogP contribution is 2.57. The molecule has 3 aliphatic rings. The molecule has 0 aromatic heterocycles. The SMILES string of the molecule is CC(NCCC(c1ccccc1)c1ccccc1)c1ccccc1.CC12CCC3C(=CCc4cc(O)ccc43)C1CCC2=O.Cl. The molecule has 0 bridgehead atoms. The second kappa shape index (κ2) is 14.6. The minimum Gasteiger partial charge on any atom is -0.508 e. The quantitative estimate of drug-likeness (QED) is 0.202. The average Bonchev–Trinajstić information content (AvgIpc) is 3.38. The van der Waals surface area contributed by atoms with E-state index in [9.17, 15) is 9.90 Å². The van der Waals surface area contributed by atoms with Crippen LogP contribution in [-0.2, 0) is 11.2 Å². The number of ketones is 1. The Kier molecular flexibility index (Phi) is 10.6. The van der Waals surface area contributed by atoms with Gasteiger partial charge in [0, 0.05) is 29.7 Å². The van der Waals surface area contributed by atoms with Crippen molar-refractivity contribution in [3.63, 3.8) is 0 Å². The van der Waals surface area contributed by atoms with Gasteiger partial charge >= 0.3 is 0 Å². The molecule has 3 aliphatic carbocycles. The molecule has 45 heavy (non-hydrogen) atoms. The molecule has 0 radical (unpaired) electrons. The first kappa shape index (κ1) is 32.7. The van der Waals surface area contributed by atoms with Gasteiger partial charge in [-0.1, -0.05) is 116 Å². The van der Waals surface area contributed by atoms with Crippen LogP contribution in [-0.4, -0.2) is 17.4 Å². The summed E-state index contributed by atoms with van der Waals surface area (Å²) in [4.78, 5) is 12.2. The normalized spacial score (nSPS) is 22.1. The van der Waals surface area contributed by atoms with Crippen LogP contribution in [0.1, 0.15) is 91.6 Å². The maximum atomic E-state index is 12.2. The fourth-order valence-electron chi connectivity index (χ4n) is 7.93. The van der Waals surface area contributed by atoms with Gasteiger partial charge in [0.05, 0.1) is 0 Å². The Hall–Kier alpha value is -3.66. The van der Waals surface area contributed by atoms with Gasteiger partial charge in [0.15, 0.2) is 0 Å². The molecule has 0 amide bonds. The summed E-state index contributed by atoms with van der Waals surface area (Å²) in [5, 5.41) is 13.3. The number of phenols is 1. The fraction of sp³-hybridized carbons (Fsp3) is 0.341. The molecular formula is C41H46ClNO2. The van der Waals surface area contributed by atoms with E-state index < -0.39 is 0 Å². The summed E-state index contributed by atoms with van der Waals surface area (Å²) in [5.41, 5.74) is 8.15. The zero-order chi connectivity index (χ0) is 30.5. The fourth-order valence-corrected chi connectivity index (χ4v) is 7.93. The van der Waals surface area contributed by atoms with Crippen LogP contribution in [0.4, 0.5) is 0 Å². The number of benzene rings is 4. The van der Waals surface area contributed by atoms with Crippen molar-refractivity contribution in [2.45, 2.75) is 70.3 Å². The van der Waals surface area contributed by atoms with Gasteiger partial charge in [0.2, 0.25) is 0 Å². The van der Waals surface area contributed by atoms with Crippen LogP contribution in [0.3, 0.4) is 0 Å². The molecule has 2 N–H and O–H groups in total. The topological polar surface area (TPSA) is 49.3 Å². The van der Waals surface area contributed by atoms with Crippen molar-refractivity contribution in [1.82, 2.24) is 5.32 Å². The number of hydrogen-bond acceptors (Lipinski definition) is 3. The highest BCUT2D eigenvalue weighted by Gasteiger charge is 2.52. The van der Waals surface area contributed by atoms with Gasteiger partial charge in [-0.25, -0.2) is 0 Å². The number of rotatable bonds is 7. The third-order valence-corrected chi connectivity index (χ3v) is 10.5. The Morgan fingerprint density at radius 3 is 2.07 bits per heavy atom. The number of carbonyl (C=O) groups excluding carboxylic acids is 1. The molecule has 0 saturated heterocycles. The monoisotopic (exact) mass is 619 g/mol. The number of fused-ring (bicyclic) bond motifs is 5. The van der Waals surface area contributed by atoms with Crippen molar-refractivity contribution in [3.05, 3.63) is 149 Å². The number of allylic oxidation sites excluding steroid dienone is 2. The molecule has 0 spiro atoms. The lowest BCUT2D eigenvalue weighted by Gasteiger charge is -2.43. The Bertz CT molecular complexity index is 1550. The first-order valence-electron chi connectivity index (χ1n) is 16.4. The zero-order valence-electron chi connectivity index (χ0n) is 26.5. The first-order chi connectivity index (χ1) is 21.4. The lowest BCUT2D eigenvalue weighted by atomic mass is 9.60. The largest absolute Gasteiger partial charge is 0.508 e.